The number of rotatable bonds is 4. The molecule has 1 saturated carbocycles. The molecule has 1 fully saturated rings. The molecule has 0 spiro atoms. The second kappa shape index (κ2) is 6.25. The Bertz CT molecular complexity index is 497. The molecule has 0 bridgehead atoms. The molecule has 1 aliphatic rings. The summed E-state index contributed by atoms with van der Waals surface area (Å²) in [5.41, 5.74) is 1.13. The van der Waals surface area contributed by atoms with Crippen LogP contribution in [0.25, 0.3) is 10.2 Å². The molecule has 4 heteroatoms. The van der Waals surface area contributed by atoms with E-state index in [9.17, 15) is 0 Å². The minimum Gasteiger partial charge on any atom is -0.308 e. The van der Waals surface area contributed by atoms with Gasteiger partial charge in [0, 0.05) is 17.8 Å². The third kappa shape index (κ3) is 3.30. The fourth-order valence-corrected chi connectivity index (χ4v) is 4.39. The van der Waals surface area contributed by atoms with E-state index in [0.29, 0.717) is 6.04 Å². The normalized spacial score (nSPS) is 23.8. The van der Waals surface area contributed by atoms with E-state index in [0.717, 1.165) is 17.3 Å². The zero-order valence-electron chi connectivity index (χ0n) is 11.3. The van der Waals surface area contributed by atoms with Gasteiger partial charge in [0.2, 0.25) is 0 Å². The van der Waals surface area contributed by atoms with Gasteiger partial charge in [-0.25, -0.2) is 4.98 Å². The van der Waals surface area contributed by atoms with Crippen LogP contribution in [0, 0.1) is 0 Å². The average molecular weight is 292 g/mol. The third-order valence-electron chi connectivity index (χ3n) is 3.89. The van der Waals surface area contributed by atoms with Crippen LogP contribution in [-0.4, -0.2) is 22.5 Å². The predicted octanol–water partition coefficient (Wildman–Crippen LogP) is 4.06. The van der Waals surface area contributed by atoms with Crippen molar-refractivity contribution in [2.45, 2.75) is 43.5 Å². The van der Waals surface area contributed by atoms with Crippen LogP contribution in [-0.2, 0) is 6.54 Å². The van der Waals surface area contributed by atoms with Crippen LogP contribution in [0.5, 0.6) is 0 Å². The molecule has 0 unspecified atom stereocenters. The topological polar surface area (TPSA) is 24.9 Å². The number of nitrogens with one attached hydrogen (secondary N) is 1. The quantitative estimate of drug-likeness (QED) is 0.920. The van der Waals surface area contributed by atoms with Crippen molar-refractivity contribution in [2.24, 2.45) is 0 Å². The van der Waals surface area contributed by atoms with Crippen molar-refractivity contribution in [3.63, 3.8) is 0 Å². The molecule has 3 rings (SSSR count). The molecule has 2 aromatic rings. The first-order valence-electron chi connectivity index (χ1n) is 6.96. The number of benzene rings is 1. The third-order valence-corrected chi connectivity index (χ3v) is 6.06. The van der Waals surface area contributed by atoms with Crippen molar-refractivity contribution in [3.05, 3.63) is 29.3 Å². The Morgan fingerprint density at radius 2 is 2.05 bits per heavy atom. The van der Waals surface area contributed by atoms with Crippen LogP contribution in [0.2, 0.25) is 0 Å². The van der Waals surface area contributed by atoms with Crippen molar-refractivity contribution in [2.75, 3.05) is 6.26 Å². The highest BCUT2D eigenvalue weighted by Gasteiger charge is 2.20. The zero-order valence-corrected chi connectivity index (χ0v) is 12.9. The van der Waals surface area contributed by atoms with Crippen molar-refractivity contribution >= 4 is 33.3 Å². The SMILES string of the molecule is CSC1CCC(NCc2nc3ccccc3s2)CC1. The van der Waals surface area contributed by atoms with Gasteiger partial charge in [0.15, 0.2) is 0 Å². The lowest BCUT2D eigenvalue weighted by Gasteiger charge is -2.27. The lowest BCUT2D eigenvalue weighted by Crippen LogP contribution is -2.33. The molecule has 102 valence electrons. The van der Waals surface area contributed by atoms with E-state index in [1.807, 2.05) is 23.1 Å². The number of para-hydroxylation sites is 1. The molecule has 0 radical (unpaired) electrons. The van der Waals surface area contributed by atoms with Gasteiger partial charge in [-0.3, -0.25) is 0 Å². The number of hydrogen-bond donors (Lipinski definition) is 1. The monoisotopic (exact) mass is 292 g/mol. The van der Waals surface area contributed by atoms with Gasteiger partial charge in [0.05, 0.1) is 10.2 Å². The lowest BCUT2D eigenvalue weighted by atomic mass is 9.95. The lowest BCUT2D eigenvalue weighted by molar-refractivity contribution is 0.379. The molecule has 0 atom stereocenters. The standard InChI is InChI=1S/C15H20N2S2/c1-18-12-8-6-11(7-9-12)16-10-15-17-13-4-2-3-5-14(13)19-15/h2-5,11-12,16H,6-10H2,1H3. The van der Waals surface area contributed by atoms with Gasteiger partial charge in [-0.15, -0.1) is 11.3 Å². The second-order valence-electron chi connectivity index (χ2n) is 5.17. The average Bonchev–Trinajstić information content (AvgIpc) is 2.88. The molecule has 1 heterocycles. The Hall–Kier alpha value is -0.580. The van der Waals surface area contributed by atoms with E-state index in [2.05, 4.69) is 40.8 Å². The maximum Gasteiger partial charge on any atom is 0.108 e. The Labute approximate surface area is 123 Å². The Morgan fingerprint density at radius 3 is 2.79 bits per heavy atom. The van der Waals surface area contributed by atoms with Gasteiger partial charge in [-0.05, 0) is 44.1 Å². The van der Waals surface area contributed by atoms with Gasteiger partial charge in [-0.1, -0.05) is 12.1 Å². The second-order valence-corrected chi connectivity index (χ2v) is 7.42. The minimum absolute atomic E-state index is 0.690. The fourth-order valence-electron chi connectivity index (χ4n) is 2.73. The Balaban J connectivity index is 1.55. The van der Waals surface area contributed by atoms with Gasteiger partial charge < -0.3 is 5.32 Å². The number of thiazole rings is 1. The maximum absolute atomic E-state index is 4.68. The van der Waals surface area contributed by atoms with Gasteiger partial charge in [-0.2, -0.15) is 11.8 Å². The Kier molecular flexibility index (Phi) is 4.41. The predicted molar refractivity (Wildman–Crippen MR) is 86.0 cm³/mol. The van der Waals surface area contributed by atoms with E-state index in [4.69, 9.17) is 0 Å². The Morgan fingerprint density at radius 1 is 1.26 bits per heavy atom. The number of hydrogen-bond acceptors (Lipinski definition) is 4. The zero-order chi connectivity index (χ0) is 13.1. The molecule has 19 heavy (non-hydrogen) atoms. The van der Waals surface area contributed by atoms with Crippen molar-refractivity contribution < 1.29 is 0 Å². The van der Waals surface area contributed by atoms with Gasteiger partial charge in [0.1, 0.15) is 5.01 Å². The molecule has 0 amide bonds. The van der Waals surface area contributed by atoms with E-state index in [1.165, 1.54) is 35.4 Å². The molecule has 0 aliphatic heterocycles. The van der Waals surface area contributed by atoms with Crippen molar-refractivity contribution in [3.8, 4) is 0 Å². The minimum atomic E-state index is 0.690. The van der Waals surface area contributed by atoms with Crippen molar-refractivity contribution in [1.29, 1.82) is 0 Å². The smallest absolute Gasteiger partial charge is 0.108 e. The first-order valence-corrected chi connectivity index (χ1v) is 9.06. The summed E-state index contributed by atoms with van der Waals surface area (Å²) < 4.78 is 1.30. The van der Waals surface area contributed by atoms with Crippen LogP contribution in [0.4, 0.5) is 0 Å². The van der Waals surface area contributed by atoms with Crippen LogP contribution >= 0.6 is 23.1 Å². The van der Waals surface area contributed by atoms with Gasteiger partial charge >= 0.3 is 0 Å². The molecule has 2 nitrogen and oxygen atoms in total. The number of aromatic nitrogens is 1. The number of fused-ring (bicyclic) bond motifs is 1. The summed E-state index contributed by atoms with van der Waals surface area (Å²) >= 11 is 3.84. The fraction of sp³-hybridized carbons (Fsp3) is 0.533. The molecular weight excluding hydrogens is 272 g/mol. The highest BCUT2D eigenvalue weighted by Crippen LogP contribution is 2.27. The summed E-state index contributed by atoms with van der Waals surface area (Å²) in [6.45, 7) is 0.925. The summed E-state index contributed by atoms with van der Waals surface area (Å²) in [6, 6.07) is 9.08. The molecule has 1 aromatic carbocycles. The first-order chi connectivity index (χ1) is 9.35. The van der Waals surface area contributed by atoms with Crippen LogP contribution in [0.3, 0.4) is 0 Å². The molecule has 0 saturated heterocycles. The van der Waals surface area contributed by atoms with Crippen molar-refractivity contribution in [1.82, 2.24) is 10.3 Å². The molecular formula is C15H20N2S2. The van der Waals surface area contributed by atoms with Gasteiger partial charge in [0.25, 0.3) is 0 Å². The molecule has 1 N–H and O–H groups in total. The van der Waals surface area contributed by atoms with E-state index >= 15 is 0 Å². The number of nitrogens with zero attached hydrogens (tertiary/aromatic N) is 1. The number of thioether (sulfide) groups is 1. The highest BCUT2D eigenvalue weighted by molar-refractivity contribution is 7.99. The molecule has 1 aromatic heterocycles. The van der Waals surface area contributed by atoms with Crippen LogP contribution in [0.1, 0.15) is 30.7 Å². The summed E-state index contributed by atoms with van der Waals surface area (Å²) in [5.74, 6) is 0. The molecule has 1 aliphatic carbocycles. The van der Waals surface area contributed by atoms with E-state index < -0.39 is 0 Å². The largest absolute Gasteiger partial charge is 0.308 e. The summed E-state index contributed by atoms with van der Waals surface area (Å²) in [4.78, 5) is 4.68. The highest BCUT2D eigenvalue weighted by atomic mass is 32.2. The summed E-state index contributed by atoms with van der Waals surface area (Å²) in [5, 5.41) is 5.79. The maximum atomic E-state index is 4.68. The summed E-state index contributed by atoms with van der Waals surface area (Å²) in [6.07, 6.45) is 7.59. The van der Waals surface area contributed by atoms with E-state index in [1.54, 1.807) is 0 Å². The van der Waals surface area contributed by atoms with Crippen LogP contribution in [0.15, 0.2) is 24.3 Å². The van der Waals surface area contributed by atoms with E-state index in [-0.39, 0.29) is 0 Å². The van der Waals surface area contributed by atoms with Crippen LogP contribution < -0.4 is 5.32 Å². The summed E-state index contributed by atoms with van der Waals surface area (Å²) in [7, 11) is 0. The first kappa shape index (κ1) is 13.4.